The van der Waals surface area contributed by atoms with Crippen molar-refractivity contribution in [2.45, 2.75) is 26.7 Å². The van der Waals surface area contributed by atoms with Gasteiger partial charge in [-0.1, -0.05) is 6.07 Å². The molecule has 0 saturated carbocycles. The van der Waals surface area contributed by atoms with Crippen molar-refractivity contribution in [3.8, 4) is 5.75 Å². The van der Waals surface area contributed by atoms with Crippen molar-refractivity contribution in [2.75, 3.05) is 25.0 Å². The van der Waals surface area contributed by atoms with Crippen LogP contribution in [0.25, 0.3) is 0 Å². The number of rotatable bonds is 3. The van der Waals surface area contributed by atoms with Crippen LogP contribution in [-0.2, 0) is 9.53 Å². The standard InChI is InChI=1S/C16H22N2O4/c1-3-22-16(21)18-8-6-12(7-9-18)15(20)17-13-5-4-11(2)10-14(13)19/h4-5,10,12,19H,3,6-9H2,1-2H3,(H,17,20). The molecule has 0 unspecified atom stereocenters. The first kappa shape index (κ1) is 16.1. The molecule has 0 atom stereocenters. The first-order chi connectivity index (χ1) is 10.5. The quantitative estimate of drug-likeness (QED) is 0.841. The molecule has 120 valence electrons. The fraction of sp³-hybridized carbons (Fsp3) is 0.500. The first-order valence-electron chi connectivity index (χ1n) is 7.53. The molecule has 1 fully saturated rings. The number of piperidine rings is 1. The van der Waals surface area contributed by atoms with Crippen molar-refractivity contribution >= 4 is 17.7 Å². The summed E-state index contributed by atoms with van der Waals surface area (Å²) in [5.41, 5.74) is 1.35. The van der Waals surface area contributed by atoms with E-state index >= 15 is 0 Å². The van der Waals surface area contributed by atoms with E-state index in [0.717, 1.165) is 5.56 Å². The minimum atomic E-state index is -0.322. The molecule has 1 heterocycles. The van der Waals surface area contributed by atoms with Crippen molar-refractivity contribution in [3.63, 3.8) is 0 Å². The lowest BCUT2D eigenvalue weighted by molar-refractivity contribution is -0.121. The Morgan fingerprint density at radius 1 is 1.36 bits per heavy atom. The summed E-state index contributed by atoms with van der Waals surface area (Å²) in [7, 11) is 0. The summed E-state index contributed by atoms with van der Waals surface area (Å²) in [5, 5.41) is 12.6. The van der Waals surface area contributed by atoms with E-state index in [1.165, 1.54) is 0 Å². The highest BCUT2D eigenvalue weighted by molar-refractivity contribution is 5.94. The van der Waals surface area contributed by atoms with Crippen LogP contribution in [0.3, 0.4) is 0 Å². The summed E-state index contributed by atoms with van der Waals surface area (Å²) in [6, 6.07) is 5.13. The second-order valence-corrected chi connectivity index (χ2v) is 5.47. The number of carbonyl (C=O) groups excluding carboxylic acids is 2. The molecule has 1 aliphatic heterocycles. The number of likely N-dealkylation sites (tertiary alicyclic amines) is 1. The van der Waals surface area contributed by atoms with Gasteiger partial charge in [0.15, 0.2) is 0 Å². The molecule has 6 nitrogen and oxygen atoms in total. The molecule has 0 aromatic heterocycles. The average molecular weight is 306 g/mol. The zero-order valence-corrected chi connectivity index (χ0v) is 13.0. The van der Waals surface area contributed by atoms with Gasteiger partial charge in [-0.3, -0.25) is 4.79 Å². The maximum absolute atomic E-state index is 12.2. The van der Waals surface area contributed by atoms with Crippen molar-refractivity contribution in [1.29, 1.82) is 0 Å². The Balaban J connectivity index is 1.88. The molecule has 22 heavy (non-hydrogen) atoms. The third-order valence-corrected chi connectivity index (χ3v) is 3.80. The third kappa shape index (κ3) is 3.90. The van der Waals surface area contributed by atoms with Gasteiger partial charge in [-0.25, -0.2) is 4.79 Å². The average Bonchev–Trinajstić information content (AvgIpc) is 2.50. The Labute approximate surface area is 130 Å². The van der Waals surface area contributed by atoms with Gasteiger partial charge in [-0.15, -0.1) is 0 Å². The van der Waals surface area contributed by atoms with Gasteiger partial charge in [0.05, 0.1) is 12.3 Å². The van der Waals surface area contributed by atoms with Crippen molar-refractivity contribution in [1.82, 2.24) is 4.90 Å². The van der Waals surface area contributed by atoms with Crippen LogP contribution in [0, 0.1) is 12.8 Å². The van der Waals surface area contributed by atoms with Crippen LogP contribution in [0.5, 0.6) is 5.75 Å². The molecule has 2 rings (SSSR count). The van der Waals surface area contributed by atoms with Crippen LogP contribution in [-0.4, -0.2) is 41.7 Å². The van der Waals surface area contributed by atoms with Crippen molar-refractivity contribution < 1.29 is 19.4 Å². The maximum Gasteiger partial charge on any atom is 0.409 e. The molecule has 1 aromatic rings. The fourth-order valence-corrected chi connectivity index (χ4v) is 2.52. The Bertz CT molecular complexity index is 551. The monoisotopic (exact) mass is 306 g/mol. The van der Waals surface area contributed by atoms with E-state index in [0.29, 0.717) is 38.2 Å². The third-order valence-electron chi connectivity index (χ3n) is 3.80. The van der Waals surface area contributed by atoms with Crippen molar-refractivity contribution in [2.24, 2.45) is 5.92 Å². The first-order valence-corrected chi connectivity index (χ1v) is 7.53. The molecule has 1 saturated heterocycles. The van der Waals surface area contributed by atoms with E-state index in [1.54, 1.807) is 24.0 Å². The molecule has 0 radical (unpaired) electrons. The number of ether oxygens (including phenoxy) is 1. The number of aryl methyl sites for hydroxylation is 1. The number of carbonyl (C=O) groups is 2. The number of nitrogens with zero attached hydrogens (tertiary/aromatic N) is 1. The van der Waals surface area contributed by atoms with Crippen LogP contribution in [0.2, 0.25) is 0 Å². The fourth-order valence-electron chi connectivity index (χ4n) is 2.52. The van der Waals surface area contributed by atoms with Gasteiger partial charge >= 0.3 is 6.09 Å². The Morgan fingerprint density at radius 3 is 2.64 bits per heavy atom. The van der Waals surface area contributed by atoms with Gasteiger partial charge in [-0.05, 0) is 44.4 Å². The summed E-state index contributed by atoms with van der Waals surface area (Å²) < 4.78 is 4.95. The van der Waals surface area contributed by atoms with Crippen LogP contribution >= 0.6 is 0 Å². The normalized spacial score (nSPS) is 15.5. The summed E-state index contributed by atoms with van der Waals surface area (Å²) in [6.07, 6.45) is 0.867. The Kier molecular flexibility index (Phi) is 5.25. The molecule has 6 heteroatoms. The molecule has 2 amide bonds. The highest BCUT2D eigenvalue weighted by Gasteiger charge is 2.28. The number of aromatic hydroxyl groups is 1. The molecule has 2 N–H and O–H groups in total. The van der Waals surface area contributed by atoms with Gasteiger partial charge in [-0.2, -0.15) is 0 Å². The Hall–Kier alpha value is -2.24. The lowest BCUT2D eigenvalue weighted by Gasteiger charge is -2.30. The molecule has 0 spiro atoms. The SMILES string of the molecule is CCOC(=O)N1CCC(C(=O)Nc2ccc(C)cc2O)CC1. The lowest BCUT2D eigenvalue weighted by atomic mass is 9.96. The van der Waals surface area contributed by atoms with Gasteiger partial charge < -0.3 is 20.1 Å². The second kappa shape index (κ2) is 7.15. The van der Waals surface area contributed by atoms with E-state index in [4.69, 9.17) is 4.74 Å². The largest absolute Gasteiger partial charge is 0.506 e. The number of amides is 2. The van der Waals surface area contributed by atoms with Gasteiger partial charge in [0.2, 0.25) is 5.91 Å². The zero-order chi connectivity index (χ0) is 16.1. The zero-order valence-electron chi connectivity index (χ0n) is 13.0. The summed E-state index contributed by atoms with van der Waals surface area (Å²) in [6.45, 7) is 5.02. The molecule has 0 aliphatic carbocycles. The number of phenolic OH excluding ortho intramolecular Hbond substituents is 1. The molecular formula is C16H22N2O4. The summed E-state index contributed by atoms with van der Waals surface area (Å²) in [4.78, 5) is 25.5. The molecule has 1 aliphatic rings. The molecule has 1 aromatic carbocycles. The van der Waals surface area contributed by atoms with Crippen LogP contribution < -0.4 is 5.32 Å². The number of nitrogens with one attached hydrogen (secondary N) is 1. The predicted octanol–water partition coefficient (Wildman–Crippen LogP) is 2.51. The molecule has 0 bridgehead atoms. The second-order valence-electron chi connectivity index (χ2n) is 5.47. The van der Waals surface area contributed by atoms with E-state index in [9.17, 15) is 14.7 Å². The van der Waals surface area contributed by atoms with E-state index in [-0.39, 0.29) is 23.7 Å². The van der Waals surface area contributed by atoms with E-state index in [2.05, 4.69) is 5.32 Å². The predicted molar refractivity (Wildman–Crippen MR) is 82.8 cm³/mol. The maximum atomic E-state index is 12.2. The minimum Gasteiger partial charge on any atom is -0.506 e. The minimum absolute atomic E-state index is 0.0670. The van der Waals surface area contributed by atoms with Crippen molar-refractivity contribution in [3.05, 3.63) is 23.8 Å². The highest BCUT2D eigenvalue weighted by Crippen LogP contribution is 2.26. The van der Waals surface area contributed by atoms with Crippen LogP contribution in [0.1, 0.15) is 25.3 Å². The number of benzene rings is 1. The number of hydrogen-bond donors (Lipinski definition) is 2. The summed E-state index contributed by atoms with van der Waals surface area (Å²) >= 11 is 0. The lowest BCUT2D eigenvalue weighted by Crippen LogP contribution is -2.41. The van der Waals surface area contributed by atoms with Gasteiger partial charge in [0.1, 0.15) is 5.75 Å². The van der Waals surface area contributed by atoms with Crippen LogP contribution in [0.4, 0.5) is 10.5 Å². The number of phenols is 1. The number of anilines is 1. The highest BCUT2D eigenvalue weighted by atomic mass is 16.6. The van der Waals surface area contributed by atoms with Crippen LogP contribution in [0.15, 0.2) is 18.2 Å². The Morgan fingerprint density at radius 2 is 2.05 bits per heavy atom. The van der Waals surface area contributed by atoms with E-state index < -0.39 is 0 Å². The summed E-state index contributed by atoms with van der Waals surface area (Å²) in [5.74, 6) is -0.216. The van der Waals surface area contributed by atoms with E-state index in [1.807, 2.05) is 13.0 Å². The topological polar surface area (TPSA) is 78.9 Å². The van der Waals surface area contributed by atoms with Gasteiger partial charge in [0, 0.05) is 19.0 Å². The smallest absolute Gasteiger partial charge is 0.409 e. The molecular weight excluding hydrogens is 284 g/mol. The van der Waals surface area contributed by atoms with Gasteiger partial charge in [0.25, 0.3) is 0 Å². The number of hydrogen-bond acceptors (Lipinski definition) is 4.